The van der Waals surface area contributed by atoms with Gasteiger partial charge >= 0.3 is 0 Å². The van der Waals surface area contributed by atoms with Crippen LogP contribution in [-0.4, -0.2) is 11.1 Å². The molecule has 0 amide bonds. The average Bonchev–Trinajstić information content (AvgIpc) is 2.95. The predicted octanol–water partition coefficient (Wildman–Crippen LogP) is 4.12. The van der Waals surface area contributed by atoms with Crippen molar-refractivity contribution < 1.29 is 0 Å². The van der Waals surface area contributed by atoms with E-state index in [1.165, 1.54) is 5.56 Å². The van der Waals surface area contributed by atoms with Crippen molar-refractivity contribution in [2.24, 2.45) is 0 Å². The Bertz CT molecular complexity index is 640. The molecule has 21 heavy (non-hydrogen) atoms. The largest absolute Gasteiger partial charge is 0.350 e. The van der Waals surface area contributed by atoms with Crippen molar-refractivity contribution in [3.05, 3.63) is 58.4 Å². The van der Waals surface area contributed by atoms with Crippen LogP contribution in [0.5, 0.6) is 0 Å². The molecule has 0 bridgehead atoms. The Morgan fingerprint density at radius 1 is 1.33 bits per heavy atom. The Morgan fingerprint density at radius 2 is 2.14 bits per heavy atom. The van der Waals surface area contributed by atoms with Gasteiger partial charge in [-0.3, -0.25) is 0 Å². The third kappa shape index (κ3) is 3.87. The molecule has 2 rings (SSSR count). The molecular formula is C17H20ClN3. The van der Waals surface area contributed by atoms with E-state index in [4.69, 9.17) is 16.9 Å². The third-order valence-corrected chi connectivity index (χ3v) is 3.92. The molecule has 4 heteroatoms. The summed E-state index contributed by atoms with van der Waals surface area (Å²) in [5.41, 5.74) is 2.91. The topological polar surface area (TPSA) is 40.8 Å². The normalized spacial score (nSPS) is 12.1. The van der Waals surface area contributed by atoms with Crippen molar-refractivity contribution in [1.82, 2.24) is 9.88 Å². The summed E-state index contributed by atoms with van der Waals surface area (Å²) in [4.78, 5) is 0. The summed E-state index contributed by atoms with van der Waals surface area (Å²) in [6.45, 7) is 5.98. The highest BCUT2D eigenvalue weighted by atomic mass is 35.5. The van der Waals surface area contributed by atoms with E-state index in [1.807, 2.05) is 6.07 Å². The maximum Gasteiger partial charge on any atom is 0.0992 e. The number of halogens is 1. The summed E-state index contributed by atoms with van der Waals surface area (Å²) in [7, 11) is 0. The molecule has 0 aliphatic rings. The first kappa shape index (κ1) is 15.6. The Kier molecular flexibility index (Phi) is 5.44. The van der Waals surface area contributed by atoms with Crippen molar-refractivity contribution in [1.29, 1.82) is 5.26 Å². The minimum atomic E-state index is 0.396. The van der Waals surface area contributed by atoms with Crippen LogP contribution in [0, 0.1) is 11.3 Å². The molecule has 1 heterocycles. The van der Waals surface area contributed by atoms with Gasteiger partial charge in [0.1, 0.15) is 0 Å². The van der Waals surface area contributed by atoms with E-state index >= 15 is 0 Å². The summed E-state index contributed by atoms with van der Waals surface area (Å²) < 4.78 is 2.13. The highest BCUT2D eigenvalue weighted by Gasteiger charge is 2.10. The molecule has 0 aliphatic carbocycles. The van der Waals surface area contributed by atoms with Crippen LogP contribution in [0.1, 0.15) is 43.0 Å². The molecule has 0 aliphatic heterocycles. The van der Waals surface area contributed by atoms with E-state index in [2.05, 4.69) is 48.3 Å². The zero-order valence-corrected chi connectivity index (χ0v) is 13.2. The molecule has 0 spiro atoms. The molecule has 0 radical (unpaired) electrons. The van der Waals surface area contributed by atoms with Crippen molar-refractivity contribution in [3.8, 4) is 6.07 Å². The van der Waals surface area contributed by atoms with Crippen LogP contribution in [0.15, 0.2) is 36.7 Å². The average molecular weight is 302 g/mol. The lowest BCUT2D eigenvalue weighted by atomic mass is 10.1. The van der Waals surface area contributed by atoms with E-state index in [1.54, 1.807) is 12.1 Å². The minimum Gasteiger partial charge on any atom is -0.350 e. The molecule has 1 N–H and O–H groups in total. The smallest absolute Gasteiger partial charge is 0.0992 e. The maximum absolute atomic E-state index is 8.86. The Labute approximate surface area is 131 Å². The van der Waals surface area contributed by atoms with Crippen molar-refractivity contribution in [2.75, 3.05) is 6.54 Å². The number of nitrogens with one attached hydrogen (secondary N) is 1. The number of nitrogens with zero attached hydrogens (tertiary/aromatic N) is 2. The van der Waals surface area contributed by atoms with Crippen LogP contribution in [0.2, 0.25) is 5.02 Å². The number of aromatic nitrogens is 1. The second kappa shape index (κ2) is 7.31. The van der Waals surface area contributed by atoms with Gasteiger partial charge in [0.2, 0.25) is 0 Å². The second-order valence-corrected chi connectivity index (χ2v) is 5.46. The molecule has 0 saturated heterocycles. The monoisotopic (exact) mass is 301 g/mol. The molecule has 3 nitrogen and oxygen atoms in total. The zero-order chi connectivity index (χ0) is 15.2. The van der Waals surface area contributed by atoms with Gasteiger partial charge in [-0.05, 0) is 42.3 Å². The molecule has 1 unspecified atom stereocenters. The van der Waals surface area contributed by atoms with Gasteiger partial charge < -0.3 is 9.88 Å². The molecule has 2 aromatic rings. The standard InChI is InChI=1S/C17H20ClN3/c1-3-17(20-4-2)15-7-8-21(12-15)11-14-6-5-13(10-19)9-16(14)18/h5-9,12,17,20H,3-4,11H2,1-2H3. The van der Waals surface area contributed by atoms with Gasteiger partial charge in [-0.25, -0.2) is 0 Å². The van der Waals surface area contributed by atoms with Gasteiger partial charge in [0.05, 0.1) is 11.6 Å². The number of hydrogen-bond donors (Lipinski definition) is 1. The van der Waals surface area contributed by atoms with Crippen LogP contribution in [0.4, 0.5) is 0 Å². The molecule has 110 valence electrons. The zero-order valence-electron chi connectivity index (χ0n) is 12.4. The third-order valence-electron chi connectivity index (χ3n) is 3.57. The van der Waals surface area contributed by atoms with Crippen molar-refractivity contribution in [3.63, 3.8) is 0 Å². The highest BCUT2D eigenvalue weighted by molar-refractivity contribution is 6.31. The van der Waals surface area contributed by atoms with Gasteiger partial charge in [0.25, 0.3) is 0 Å². The Hall–Kier alpha value is -1.76. The molecule has 0 fully saturated rings. The van der Waals surface area contributed by atoms with E-state index in [0.717, 1.165) is 18.5 Å². The highest BCUT2D eigenvalue weighted by Crippen LogP contribution is 2.21. The lowest BCUT2D eigenvalue weighted by molar-refractivity contribution is 0.536. The number of hydrogen-bond acceptors (Lipinski definition) is 2. The molecular weight excluding hydrogens is 282 g/mol. The van der Waals surface area contributed by atoms with Crippen LogP contribution >= 0.6 is 11.6 Å². The minimum absolute atomic E-state index is 0.396. The van der Waals surface area contributed by atoms with Crippen LogP contribution in [-0.2, 0) is 6.54 Å². The first-order chi connectivity index (χ1) is 10.2. The number of nitriles is 1. The van der Waals surface area contributed by atoms with Gasteiger partial charge in [-0.1, -0.05) is 31.5 Å². The van der Waals surface area contributed by atoms with Gasteiger partial charge in [-0.15, -0.1) is 0 Å². The van der Waals surface area contributed by atoms with Gasteiger partial charge in [0, 0.05) is 30.0 Å². The van der Waals surface area contributed by atoms with E-state index < -0.39 is 0 Å². The second-order valence-electron chi connectivity index (χ2n) is 5.05. The lowest BCUT2D eigenvalue weighted by Crippen LogP contribution is -2.19. The maximum atomic E-state index is 8.86. The Morgan fingerprint density at radius 3 is 2.76 bits per heavy atom. The number of rotatable bonds is 6. The summed E-state index contributed by atoms with van der Waals surface area (Å²) in [6.07, 6.45) is 5.30. The summed E-state index contributed by atoms with van der Waals surface area (Å²) in [5, 5.41) is 13.0. The summed E-state index contributed by atoms with van der Waals surface area (Å²) >= 11 is 6.23. The molecule has 1 aromatic heterocycles. The van der Waals surface area contributed by atoms with E-state index in [9.17, 15) is 0 Å². The van der Waals surface area contributed by atoms with Crippen molar-refractivity contribution in [2.45, 2.75) is 32.9 Å². The lowest BCUT2D eigenvalue weighted by Gasteiger charge is -2.14. The molecule has 1 aromatic carbocycles. The van der Waals surface area contributed by atoms with Crippen molar-refractivity contribution >= 4 is 11.6 Å². The predicted molar refractivity (Wildman–Crippen MR) is 86.4 cm³/mol. The Balaban J connectivity index is 2.14. The fraction of sp³-hybridized carbons (Fsp3) is 0.353. The van der Waals surface area contributed by atoms with Gasteiger partial charge in [0.15, 0.2) is 0 Å². The van der Waals surface area contributed by atoms with Crippen LogP contribution in [0.25, 0.3) is 0 Å². The molecule has 0 saturated carbocycles. The first-order valence-corrected chi connectivity index (χ1v) is 7.63. The van der Waals surface area contributed by atoms with E-state index in [-0.39, 0.29) is 0 Å². The molecule has 1 atom stereocenters. The quantitative estimate of drug-likeness (QED) is 0.872. The van der Waals surface area contributed by atoms with Crippen LogP contribution in [0.3, 0.4) is 0 Å². The number of benzene rings is 1. The summed E-state index contributed by atoms with van der Waals surface area (Å²) in [6, 6.07) is 10.1. The first-order valence-electron chi connectivity index (χ1n) is 7.25. The van der Waals surface area contributed by atoms with Gasteiger partial charge in [-0.2, -0.15) is 5.26 Å². The van der Waals surface area contributed by atoms with Crippen LogP contribution < -0.4 is 5.32 Å². The fourth-order valence-corrected chi connectivity index (χ4v) is 2.69. The SMILES string of the molecule is CCNC(CC)c1ccn(Cc2ccc(C#N)cc2Cl)c1. The van der Waals surface area contributed by atoms with E-state index in [0.29, 0.717) is 23.2 Å². The fourth-order valence-electron chi connectivity index (χ4n) is 2.45. The summed E-state index contributed by atoms with van der Waals surface area (Å²) in [5.74, 6) is 0.